The normalized spacial score (nSPS) is 46.2. The van der Waals surface area contributed by atoms with Crippen molar-refractivity contribution < 1.29 is 9.47 Å². The second kappa shape index (κ2) is 5.58. The predicted octanol–water partition coefficient (Wildman–Crippen LogP) is 3.12. The van der Waals surface area contributed by atoms with Gasteiger partial charge in [0.1, 0.15) is 0 Å². The predicted molar refractivity (Wildman–Crippen MR) is 80.6 cm³/mol. The maximum Gasteiger partial charge on any atom is 0.0940 e. The smallest absolute Gasteiger partial charge is 0.0940 e. The Hall–Kier alpha value is -0.120. The van der Waals surface area contributed by atoms with Gasteiger partial charge in [0.15, 0.2) is 0 Å². The van der Waals surface area contributed by atoms with Gasteiger partial charge in [0.05, 0.1) is 12.2 Å². The molecule has 116 valence electrons. The molecule has 0 bridgehead atoms. The third kappa shape index (κ3) is 2.77. The minimum Gasteiger partial charge on any atom is -0.378 e. The van der Waals surface area contributed by atoms with E-state index in [0.717, 1.165) is 50.9 Å². The van der Waals surface area contributed by atoms with E-state index in [-0.39, 0.29) is 11.1 Å². The summed E-state index contributed by atoms with van der Waals surface area (Å²) in [6.07, 6.45) is 8.42. The van der Waals surface area contributed by atoms with Gasteiger partial charge in [-0.2, -0.15) is 0 Å². The summed E-state index contributed by atoms with van der Waals surface area (Å²) in [6, 6.07) is 0. The van der Waals surface area contributed by atoms with Crippen molar-refractivity contribution in [3.63, 3.8) is 0 Å². The third-order valence-corrected chi connectivity index (χ3v) is 6.18. The van der Waals surface area contributed by atoms with E-state index >= 15 is 0 Å². The molecule has 4 unspecified atom stereocenters. The van der Waals surface area contributed by atoms with Crippen molar-refractivity contribution in [2.45, 2.75) is 69.9 Å². The highest BCUT2D eigenvalue weighted by atomic mass is 16.6. The van der Waals surface area contributed by atoms with Gasteiger partial charge < -0.3 is 15.2 Å². The summed E-state index contributed by atoms with van der Waals surface area (Å²) in [5, 5.41) is 0. The summed E-state index contributed by atoms with van der Waals surface area (Å²) in [7, 11) is 0. The van der Waals surface area contributed by atoms with Crippen LogP contribution in [0.1, 0.15) is 58.8 Å². The molecule has 1 saturated carbocycles. The van der Waals surface area contributed by atoms with E-state index < -0.39 is 0 Å². The molecule has 3 aliphatic rings. The first-order valence-electron chi connectivity index (χ1n) is 8.54. The lowest BCUT2D eigenvalue weighted by Crippen LogP contribution is -2.56. The molecule has 20 heavy (non-hydrogen) atoms. The lowest BCUT2D eigenvalue weighted by atomic mass is 9.63. The Morgan fingerprint density at radius 1 is 1.10 bits per heavy atom. The SMILES string of the molecule is CC(C)C1CCCC(N)(C2CCOC3(CCOC3)C2)C1. The zero-order valence-electron chi connectivity index (χ0n) is 13.2. The van der Waals surface area contributed by atoms with Crippen LogP contribution in [0, 0.1) is 17.8 Å². The lowest BCUT2D eigenvalue weighted by molar-refractivity contribution is -0.114. The Morgan fingerprint density at radius 2 is 1.95 bits per heavy atom. The van der Waals surface area contributed by atoms with Crippen LogP contribution < -0.4 is 5.73 Å². The largest absolute Gasteiger partial charge is 0.378 e. The molecule has 1 spiro atoms. The van der Waals surface area contributed by atoms with Crippen molar-refractivity contribution in [1.29, 1.82) is 0 Å². The molecule has 2 N–H and O–H groups in total. The zero-order chi connectivity index (χ0) is 14.2. The number of rotatable bonds is 2. The van der Waals surface area contributed by atoms with Crippen molar-refractivity contribution in [2.75, 3.05) is 19.8 Å². The van der Waals surface area contributed by atoms with Crippen LogP contribution in [0.2, 0.25) is 0 Å². The molecule has 2 heterocycles. The molecule has 2 saturated heterocycles. The maximum absolute atomic E-state index is 6.92. The zero-order valence-corrected chi connectivity index (χ0v) is 13.2. The van der Waals surface area contributed by atoms with E-state index in [4.69, 9.17) is 15.2 Å². The van der Waals surface area contributed by atoms with E-state index in [2.05, 4.69) is 13.8 Å². The van der Waals surface area contributed by atoms with Gasteiger partial charge in [-0.1, -0.05) is 26.7 Å². The topological polar surface area (TPSA) is 44.5 Å². The van der Waals surface area contributed by atoms with E-state index in [0.29, 0.717) is 5.92 Å². The van der Waals surface area contributed by atoms with E-state index in [9.17, 15) is 0 Å². The highest BCUT2D eigenvalue weighted by Gasteiger charge is 2.48. The molecule has 1 aliphatic carbocycles. The van der Waals surface area contributed by atoms with Gasteiger partial charge in [0.25, 0.3) is 0 Å². The van der Waals surface area contributed by atoms with Crippen molar-refractivity contribution in [2.24, 2.45) is 23.5 Å². The first-order valence-corrected chi connectivity index (χ1v) is 8.54. The molecule has 0 amide bonds. The van der Waals surface area contributed by atoms with Crippen molar-refractivity contribution in [1.82, 2.24) is 0 Å². The molecular weight excluding hydrogens is 250 g/mol. The lowest BCUT2D eigenvalue weighted by Gasteiger charge is -2.49. The Bertz CT molecular complexity index is 338. The van der Waals surface area contributed by atoms with Gasteiger partial charge >= 0.3 is 0 Å². The Kier molecular flexibility index (Phi) is 4.13. The van der Waals surface area contributed by atoms with Gasteiger partial charge in [-0.05, 0) is 43.4 Å². The fourth-order valence-electron chi connectivity index (χ4n) is 4.71. The van der Waals surface area contributed by atoms with E-state index in [1.54, 1.807) is 0 Å². The van der Waals surface area contributed by atoms with Crippen LogP contribution in [0.25, 0.3) is 0 Å². The molecular formula is C17H31NO2. The summed E-state index contributed by atoms with van der Waals surface area (Å²) in [6.45, 7) is 7.23. The van der Waals surface area contributed by atoms with Crippen LogP contribution in [0.5, 0.6) is 0 Å². The van der Waals surface area contributed by atoms with E-state index in [1.165, 1.54) is 25.7 Å². The van der Waals surface area contributed by atoms with Gasteiger partial charge in [-0.15, -0.1) is 0 Å². The molecule has 3 heteroatoms. The fraction of sp³-hybridized carbons (Fsp3) is 1.00. The van der Waals surface area contributed by atoms with Crippen LogP contribution in [-0.4, -0.2) is 31.0 Å². The molecule has 0 aromatic carbocycles. The average Bonchev–Trinajstić information content (AvgIpc) is 2.87. The first-order chi connectivity index (χ1) is 9.53. The first kappa shape index (κ1) is 14.8. The summed E-state index contributed by atoms with van der Waals surface area (Å²) in [4.78, 5) is 0. The maximum atomic E-state index is 6.92. The van der Waals surface area contributed by atoms with Crippen molar-refractivity contribution >= 4 is 0 Å². The highest BCUT2D eigenvalue weighted by molar-refractivity contribution is 5.02. The van der Waals surface area contributed by atoms with Crippen molar-refractivity contribution in [3.05, 3.63) is 0 Å². The van der Waals surface area contributed by atoms with Crippen LogP contribution in [-0.2, 0) is 9.47 Å². The fourth-order valence-corrected chi connectivity index (χ4v) is 4.71. The van der Waals surface area contributed by atoms with Gasteiger partial charge in [-0.3, -0.25) is 0 Å². The molecule has 2 aliphatic heterocycles. The number of hydrogen-bond donors (Lipinski definition) is 1. The molecule has 0 radical (unpaired) electrons. The van der Waals surface area contributed by atoms with Crippen molar-refractivity contribution in [3.8, 4) is 0 Å². The van der Waals surface area contributed by atoms with Crippen LogP contribution in [0.4, 0.5) is 0 Å². The van der Waals surface area contributed by atoms with Crippen LogP contribution in [0.15, 0.2) is 0 Å². The quantitative estimate of drug-likeness (QED) is 0.846. The second-order valence-corrected chi connectivity index (χ2v) is 7.86. The Morgan fingerprint density at radius 3 is 2.65 bits per heavy atom. The monoisotopic (exact) mass is 281 g/mol. The van der Waals surface area contributed by atoms with Crippen LogP contribution >= 0.6 is 0 Å². The second-order valence-electron chi connectivity index (χ2n) is 7.86. The molecule has 3 nitrogen and oxygen atoms in total. The van der Waals surface area contributed by atoms with Gasteiger partial charge in [0, 0.05) is 25.2 Å². The molecule has 3 rings (SSSR count). The van der Waals surface area contributed by atoms with E-state index in [1.807, 2.05) is 0 Å². The van der Waals surface area contributed by atoms with Gasteiger partial charge in [-0.25, -0.2) is 0 Å². The Labute approximate surface area is 123 Å². The Balaban J connectivity index is 1.70. The minimum absolute atomic E-state index is 0.0000607. The number of ether oxygens (including phenoxy) is 2. The summed E-state index contributed by atoms with van der Waals surface area (Å²) >= 11 is 0. The number of nitrogens with two attached hydrogens (primary N) is 1. The molecule has 0 aromatic heterocycles. The highest BCUT2D eigenvalue weighted by Crippen LogP contribution is 2.46. The summed E-state index contributed by atoms with van der Waals surface area (Å²) < 4.78 is 11.7. The number of hydrogen-bond acceptors (Lipinski definition) is 3. The molecule has 3 fully saturated rings. The average molecular weight is 281 g/mol. The van der Waals surface area contributed by atoms with Gasteiger partial charge in [0.2, 0.25) is 0 Å². The van der Waals surface area contributed by atoms with Crippen LogP contribution in [0.3, 0.4) is 0 Å². The summed E-state index contributed by atoms with van der Waals surface area (Å²) in [5.41, 5.74) is 6.96. The third-order valence-electron chi connectivity index (χ3n) is 6.18. The molecule has 4 atom stereocenters. The standard InChI is InChI=1S/C17H31NO2/c1-13(2)14-4-3-6-17(18,10-14)15-5-8-20-16(11-15)7-9-19-12-16/h13-15H,3-12,18H2,1-2H3. The molecule has 0 aromatic rings. The minimum atomic E-state index is 0.0000607. The summed E-state index contributed by atoms with van der Waals surface area (Å²) in [5.74, 6) is 2.20.